The van der Waals surface area contributed by atoms with Crippen LogP contribution in [-0.4, -0.2) is 46.2 Å². The lowest BCUT2D eigenvalue weighted by Crippen LogP contribution is -2.41. The molecule has 0 spiro atoms. The number of esters is 1. The molecule has 0 fully saturated rings. The summed E-state index contributed by atoms with van der Waals surface area (Å²) in [5, 5.41) is 17.7. The van der Waals surface area contributed by atoms with Gasteiger partial charge >= 0.3 is 5.97 Å². The third-order valence-electron chi connectivity index (χ3n) is 9.82. The van der Waals surface area contributed by atoms with E-state index in [-0.39, 0.29) is 47.4 Å². The van der Waals surface area contributed by atoms with Gasteiger partial charge in [0.25, 0.3) is 0 Å². The first kappa shape index (κ1) is 37.2. The molecule has 274 valence electrons. The summed E-state index contributed by atoms with van der Waals surface area (Å²) in [7, 11) is 0. The highest BCUT2D eigenvalue weighted by Gasteiger charge is 2.32. The van der Waals surface area contributed by atoms with Gasteiger partial charge in [-0.1, -0.05) is 50.1 Å². The van der Waals surface area contributed by atoms with Crippen LogP contribution in [0.1, 0.15) is 80.8 Å². The highest BCUT2D eigenvalue weighted by Crippen LogP contribution is 2.41. The van der Waals surface area contributed by atoms with Gasteiger partial charge < -0.3 is 24.9 Å². The number of nitrogens with one attached hydrogen (secondary N) is 2. The number of halogens is 3. The zero-order valence-corrected chi connectivity index (χ0v) is 30.4. The normalized spacial score (nSPS) is 19.5. The quantitative estimate of drug-likeness (QED) is 0.122. The van der Waals surface area contributed by atoms with Gasteiger partial charge in [-0.15, -0.1) is 0 Å². The topological polar surface area (TPSA) is 117 Å². The summed E-state index contributed by atoms with van der Waals surface area (Å²) in [6.07, 6.45) is 3.18. The minimum Gasteiger partial charge on any atom is -0.466 e. The van der Waals surface area contributed by atoms with Gasteiger partial charge in [0.15, 0.2) is 5.82 Å². The third-order valence-corrected chi connectivity index (χ3v) is 10.1. The molecular formula is C40H43ClF2N4O5. The number of benzene rings is 3. The fraction of sp³-hybridized carbons (Fsp3) is 0.375. The fourth-order valence-corrected chi connectivity index (χ4v) is 7.20. The highest BCUT2D eigenvalue weighted by atomic mass is 35.5. The molecule has 4 aromatic rings. The number of aliphatic hydroxyl groups is 1. The molecule has 3 heterocycles. The standard InChI is InChI=1S/C40H43ClF2N4O5/c1-5-31-40(52-34(45-31)21-36(49)51-6-2)44-26-12-13-27-24-11-10-22(3)28(18-24)33(9-7-8-23(4)39(50)46-32(27)20-26)47-17-16-25(19-35(47)48)37-30(42)15-14-29(41)38(37)43/h10-15,18-20,23,33,35,44,48H,5-9,16-17,21H2,1-4H3,(H,46,50). The molecule has 2 aliphatic heterocycles. The first-order chi connectivity index (χ1) is 25.0. The molecule has 3 unspecified atom stereocenters. The molecule has 2 bridgehead atoms. The minimum atomic E-state index is -1.11. The molecule has 0 saturated carbocycles. The largest absolute Gasteiger partial charge is 0.466 e. The van der Waals surface area contributed by atoms with Gasteiger partial charge in [0, 0.05) is 29.8 Å². The number of anilines is 3. The number of aromatic nitrogens is 1. The van der Waals surface area contributed by atoms with Crippen molar-refractivity contribution in [3.63, 3.8) is 0 Å². The van der Waals surface area contributed by atoms with Gasteiger partial charge in [0.2, 0.25) is 17.7 Å². The number of hydrogen-bond donors (Lipinski definition) is 3. The maximum Gasteiger partial charge on any atom is 0.315 e. The van der Waals surface area contributed by atoms with E-state index in [0.29, 0.717) is 67.2 Å². The lowest BCUT2D eigenvalue weighted by molar-refractivity contribution is -0.142. The number of ether oxygens (including phenoxy) is 1. The Morgan fingerprint density at radius 3 is 2.71 bits per heavy atom. The number of fused-ring (bicyclic) bond motifs is 4. The summed E-state index contributed by atoms with van der Waals surface area (Å²) in [6, 6.07) is 13.9. The van der Waals surface area contributed by atoms with Gasteiger partial charge in [-0.05, 0) is 98.2 Å². The van der Waals surface area contributed by atoms with E-state index in [2.05, 4.69) is 21.7 Å². The molecule has 2 aliphatic rings. The molecule has 3 atom stereocenters. The molecule has 0 aliphatic carbocycles. The van der Waals surface area contributed by atoms with Gasteiger partial charge in [0.05, 0.1) is 22.9 Å². The molecule has 1 amide bonds. The molecule has 12 heteroatoms. The Bertz CT molecular complexity index is 2010. The number of rotatable bonds is 8. The van der Waals surface area contributed by atoms with Crippen LogP contribution >= 0.6 is 11.6 Å². The van der Waals surface area contributed by atoms with Crippen LogP contribution in [0.2, 0.25) is 5.02 Å². The highest BCUT2D eigenvalue weighted by molar-refractivity contribution is 6.30. The Hall–Kier alpha value is -4.58. The first-order valence-electron chi connectivity index (χ1n) is 17.7. The maximum atomic E-state index is 14.9. The molecule has 0 saturated heterocycles. The van der Waals surface area contributed by atoms with Crippen molar-refractivity contribution < 1.29 is 32.6 Å². The van der Waals surface area contributed by atoms with Crippen LogP contribution in [0.3, 0.4) is 0 Å². The van der Waals surface area contributed by atoms with E-state index in [1.165, 1.54) is 12.1 Å². The fourth-order valence-electron chi connectivity index (χ4n) is 7.04. The smallest absolute Gasteiger partial charge is 0.315 e. The molecule has 52 heavy (non-hydrogen) atoms. The monoisotopic (exact) mass is 732 g/mol. The summed E-state index contributed by atoms with van der Waals surface area (Å²) in [4.78, 5) is 32.0. The summed E-state index contributed by atoms with van der Waals surface area (Å²) in [5.41, 5.74) is 5.81. The lowest BCUT2D eigenvalue weighted by atomic mass is 9.88. The second-order valence-corrected chi connectivity index (χ2v) is 13.7. The van der Waals surface area contributed by atoms with Crippen LogP contribution in [0, 0.1) is 24.5 Å². The number of amides is 1. The molecule has 9 nitrogen and oxygen atoms in total. The summed E-state index contributed by atoms with van der Waals surface area (Å²) in [5.74, 6) is -1.74. The molecule has 1 aromatic heterocycles. The summed E-state index contributed by atoms with van der Waals surface area (Å²) >= 11 is 5.98. The van der Waals surface area contributed by atoms with Crippen molar-refractivity contribution in [3.8, 4) is 11.1 Å². The average molecular weight is 733 g/mol. The lowest BCUT2D eigenvalue weighted by Gasteiger charge is -2.39. The predicted molar refractivity (Wildman–Crippen MR) is 197 cm³/mol. The third kappa shape index (κ3) is 7.91. The van der Waals surface area contributed by atoms with Crippen molar-refractivity contribution in [1.29, 1.82) is 0 Å². The van der Waals surface area contributed by atoms with Crippen molar-refractivity contribution >= 4 is 46.3 Å². The van der Waals surface area contributed by atoms with E-state index in [0.717, 1.165) is 28.3 Å². The Morgan fingerprint density at radius 2 is 1.96 bits per heavy atom. The van der Waals surface area contributed by atoms with Crippen molar-refractivity contribution in [1.82, 2.24) is 9.88 Å². The Balaban J connectivity index is 1.34. The van der Waals surface area contributed by atoms with E-state index >= 15 is 0 Å². The number of carbonyl (C=O) groups is 2. The van der Waals surface area contributed by atoms with E-state index in [4.69, 9.17) is 20.8 Å². The number of aliphatic hydroxyl groups excluding tert-OH is 1. The summed E-state index contributed by atoms with van der Waals surface area (Å²) < 4.78 is 40.7. The Kier molecular flexibility index (Phi) is 11.4. The second-order valence-electron chi connectivity index (χ2n) is 13.3. The van der Waals surface area contributed by atoms with E-state index in [9.17, 15) is 23.5 Å². The van der Waals surface area contributed by atoms with Crippen molar-refractivity contribution in [2.24, 2.45) is 5.92 Å². The number of hydrogen-bond acceptors (Lipinski definition) is 8. The molecule has 3 N–H and O–H groups in total. The second kappa shape index (κ2) is 16.0. The number of oxazole rings is 1. The maximum absolute atomic E-state index is 14.9. The molecule has 6 rings (SSSR count). The van der Waals surface area contributed by atoms with Crippen LogP contribution < -0.4 is 10.6 Å². The zero-order chi connectivity index (χ0) is 37.1. The van der Waals surface area contributed by atoms with E-state index in [1.54, 1.807) is 6.92 Å². The van der Waals surface area contributed by atoms with Crippen LogP contribution in [0.25, 0.3) is 16.7 Å². The Labute approximate surface area is 307 Å². The molecule has 3 aromatic carbocycles. The van der Waals surface area contributed by atoms with Crippen LogP contribution in [0.5, 0.6) is 0 Å². The van der Waals surface area contributed by atoms with Gasteiger partial charge in [-0.2, -0.15) is 0 Å². The van der Waals surface area contributed by atoms with Crippen LogP contribution in [-0.2, 0) is 27.2 Å². The van der Waals surface area contributed by atoms with E-state index < -0.39 is 23.8 Å². The zero-order valence-electron chi connectivity index (χ0n) is 29.7. The number of carbonyl (C=O) groups excluding carboxylic acids is 2. The van der Waals surface area contributed by atoms with E-state index in [1.807, 2.05) is 56.0 Å². The number of aryl methyl sites for hydroxylation is 2. The van der Waals surface area contributed by atoms with Crippen molar-refractivity contribution in [3.05, 3.63) is 99.5 Å². The van der Waals surface area contributed by atoms with Crippen LogP contribution in [0.4, 0.5) is 26.0 Å². The van der Waals surface area contributed by atoms with Crippen LogP contribution in [0.15, 0.2) is 59.0 Å². The number of nitrogens with zero attached hydrogens (tertiary/aromatic N) is 2. The predicted octanol–water partition coefficient (Wildman–Crippen LogP) is 8.90. The van der Waals surface area contributed by atoms with Gasteiger partial charge in [0.1, 0.15) is 24.2 Å². The summed E-state index contributed by atoms with van der Waals surface area (Å²) in [6.45, 7) is 8.23. The molecule has 0 radical (unpaired) electrons. The first-order valence-corrected chi connectivity index (χ1v) is 18.1. The Morgan fingerprint density at radius 1 is 1.15 bits per heavy atom. The SMILES string of the molecule is CCOC(=O)Cc1nc(CC)c(Nc2ccc3c(c2)NC(=O)C(C)CCCC(N2CCC(c4c(F)ccc(Cl)c4F)=CC2O)c2cc-3ccc2C)o1. The minimum absolute atomic E-state index is 0.0810. The van der Waals surface area contributed by atoms with Crippen molar-refractivity contribution in [2.75, 3.05) is 23.8 Å². The van der Waals surface area contributed by atoms with Crippen molar-refractivity contribution in [2.45, 2.75) is 78.5 Å². The molecular weight excluding hydrogens is 690 g/mol. The van der Waals surface area contributed by atoms with Gasteiger partial charge in [-0.25, -0.2) is 13.8 Å². The average Bonchev–Trinajstić information content (AvgIpc) is 3.49. The van der Waals surface area contributed by atoms with Gasteiger partial charge in [-0.3, -0.25) is 14.5 Å².